The predicted octanol–water partition coefficient (Wildman–Crippen LogP) is 1.46. The number of rotatable bonds is 9. The van der Waals surface area contributed by atoms with Crippen LogP contribution in [-0.4, -0.2) is 39.4 Å². The number of carbonyl (C=O) groups excluding carboxylic acids is 1. The Hall–Kier alpha value is -2.71. The number of aliphatic hydroxyl groups excluding tert-OH is 1. The van der Waals surface area contributed by atoms with Crippen LogP contribution in [0.2, 0.25) is 0 Å². The number of H-pyrrole nitrogens is 1. The van der Waals surface area contributed by atoms with Crippen LogP contribution >= 0.6 is 0 Å². The van der Waals surface area contributed by atoms with Gasteiger partial charge in [0, 0.05) is 12.3 Å². The van der Waals surface area contributed by atoms with E-state index >= 15 is 0 Å². The second-order valence-corrected chi connectivity index (χ2v) is 6.10. The first kappa shape index (κ1) is 20.6. The van der Waals surface area contributed by atoms with E-state index in [0.29, 0.717) is 18.4 Å². The standard InChI is InChI=1S/C19H24N2O6/c1-3-19(4-2,13-22)27-16(21-11-10-15(23)20-18(21)25)12-26-17(24)14-8-6-5-7-9-14/h5-11,16,22H,3-4,12-13H2,1-2H3,(H,20,23,25)/t16-/m1/s1. The number of benzene rings is 1. The van der Waals surface area contributed by atoms with Crippen LogP contribution in [0.25, 0.3) is 0 Å². The maximum Gasteiger partial charge on any atom is 0.338 e. The van der Waals surface area contributed by atoms with Gasteiger partial charge in [-0.3, -0.25) is 14.3 Å². The van der Waals surface area contributed by atoms with Crippen molar-refractivity contribution in [1.29, 1.82) is 0 Å². The van der Waals surface area contributed by atoms with E-state index in [2.05, 4.69) is 4.98 Å². The molecule has 27 heavy (non-hydrogen) atoms. The molecule has 0 saturated carbocycles. The van der Waals surface area contributed by atoms with E-state index in [1.54, 1.807) is 30.3 Å². The molecule has 0 aliphatic carbocycles. The highest BCUT2D eigenvalue weighted by Crippen LogP contribution is 2.25. The molecule has 2 aromatic rings. The smallest absolute Gasteiger partial charge is 0.338 e. The zero-order valence-electron chi connectivity index (χ0n) is 15.4. The number of aliphatic hydroxyl groups is 1. The molecule has 0 fully saturated rings. The van der Waals surface area contributed by atoms with E-state index < -0.39 is 29.0 Å². The van der Waals surface area contributed by atoms with Crippen LogP contribution in [0.3, 0.4) is 0 Å². The van der Waals surface area contributed by atoms with Crippen molar-refractivity contribution in [3.63, 3.8) is 0 Å². The summed E-state index contributed by atoms with van der Waals surface area (Å²) < 4.78 is 12.4. The van der Waals surface area contributed by atoms with Crippen molar-refractivity contribution in [2.75, 3.05) is 13.2 Å². The number of nitrogens with zero attached hydrogens (tertiary/aromatic N) is 1. The summed E-state index contributed by atoms with van der Waals surface area (Å²) in [5.41, 5.74) is -1.78. The van der Waals surface area contributed by atoms with E-state index in [-0.39, 0.29) is 13.2 Å². The molecule has 0 amide bonds. The fourth-order valence-electron chi connectivity index (χ4n) is 2.60. The van der Waals surface area contributed by atoms with Crippen LogP contribution in [0.5, 0.6) is 0 Å². The third kappa shape index (κ3) is 5.15. The van der Waals surface area contributed by atoms with Crippen LogP contribution in [0, 0.1) is 0 Å². The van der Waals surface area contributed by atoms with Crippen molar-refractivity contribution < 1.29 is 19.4 Å². The van der Waals surface area contributed by atoms with Gasteiger partial charge in [0.15, 0.2) is 6.23 Å². The normalized spacial score (nSPS) is 12.6. The molecule has 0 saturated heterocycles. The Morgan fingerprint density at radius 3 is 2.41 bits per heavy atom. The quantitative estimate of drug-likeness (QED) is 0.641. The number of nitrogens with one attached hydrogen (secondary N) is 1. The van der Waals surface area contributed by atoms with E-state index in [4.69, 9.17) is 9.47 Å². The molecule has 1 aromatic heterocycles. The zero-order valence-corrected chi connectivity index (χ0v) is 15.4. The summed E-state index contributed by atoms with van der Waals surface area (Å²) in [7, 11) is 0. The summed E-state index contributed by atoms with van der Waals surface area (Å²) in [5.74, 6) is -0.565. The predicted molar refractivity (Wildman–Crippen MR) is 98.6 cm³/mol. The fraction of sp³-hybridized carbons (Fsp3) is 0.421. The van der Waals surface area contributed by atoms with Gasteiger partial charge in [-0.25, -0.2) is 9.59 Å². The molecule has 8 nitrogen and oxygen atoms in total. The Morgan fingerprint density at radius 2 is 1.85 bits per heavy atom. The van der Waals surface area contributed by atoms with E-state index in [1.807, 2.05) is 13.8 Å². The second-order valence-electron chi connectivity index (χ2n) is 6.10. The highest BCUT2D eigenvalue weighted by molar-refractivity contribution is 5.89. The maximum atomic E-state index is 12.2. The average Bonchev–Trinajstić information content (AvgIpc) is 2.69. The maximum absolute atomic E-state index is 12.2. The topological polar surface area (TPSA) is 111 Å². The molecule has 146 valence electrons. The molecular weight excluding hydrogens is 352 g/mol. The number of carbonyl (C=O) groups is 1. The lowest BCUT2D eigenvalue weighted by atomic mass is 9.98. The molecule has 0 aliphatic rings. The van der Waals surface area contributed by atoms with Gasteiger partial charge in [-0.2, -0.15) is 0 Å². The minimum atomic E-state index is -1.01. The van der Waals surface area contributed by atoms with Crippen LogP contribution in [-0.2, 0) is 9.47 Å². The van der Waals surface area contributed by atoms with Gasteiger partial charge >= 0.3 is 11.7 Å². The Balaban J connectivity index is 2.27. The van der Waals surface area contributed by atoms with Crippen molar-refractivity contribution in [2.24, 2.45) is 0 Å². The summed E-state index contributed by atoms with van der Waals surface area (Å²) in [6.45, 7) is 3.17. The summed E-state index contributed by atoms with van der Waals surface area (Å²) in [6, 6.07) is 9.60. The molecule has 2 N–H and O–H groups in total. The van der Waals surface area contributed by atoms with Gasteiger partial charge in [-0.05, 0) is 25.0 Å². The molecular formula is C19H24N2O6. The van der Waals surface area contributed by atoms with Gasteiger partial charge in [0.2, 0.25) is 0 Å². The van der Waals surface area contributed by atoms with Crippen molar-refractivity contribution in [1.82, 2.24) is 9.55 Å². The number of aromatic amines is 1. The lowest BCUT2D eigenvalue weighted by Crippen LogP contribution is -2.43. The largest absolute Gasteiger partial charge is 0.457 e. The second kappa shape index (κ2) is 9.29. The Kier molecular flexibility index (Phi) is 7.09. The lowest BCUT2D eigenvalue weighted by molar-refractivity contribution is -0.166. The number of ether oxygens (including phenoxy) is 2. The first-order valence-electron chi connectivity index (χ1n) is 8.77. The SMILES string of the molecule is CCC(CC)(CO)O[C@H](COC(=O)c1ccccc1)n1ccc(=O)[nH]c1=O. The monoisotopic (exact) mass is 376 g/mol. The minimum absolute atomic E-state index is 0.262. The molecule has 2 rings (SSSR count). The molecule has 0 aliphatic heterocycles. The van der Waals surface area contributed by atoms with Crippen LogP contribution in [0.4, 0.5) is 0 Å². The van der Waals surface area contributed by atoms with Crippen LogP contribution < -0.4 is 11.2 Å². The first-order chi connectivity index (χ1) is 12.9. The molecule has 1 aromatic carbocycles. The number of aromatic nitrogens is 2. The summed E-state index contributed by atoms with van der Waals surface area (Å²) in [6.07, 6.45) is 1.24. The third-order valence-electron chi connectivity index (χ3n) is 4.49. The van der Waals surface area contributed by atoms with E-state index in [1.165, 1.54) is 12.3 Å². The van der Waals surface area contributed by atoms with Crippen molar-refractivity contribution in [2.45, 2.75) is 38.5 Å². The first-order valence-corrected chi connectivity index (χ1v) is 8.77. The molecule has 0 spiro atoms. The minimum Gasteiger partial charge on any atom is -0.457 e. The van der Waals surface area contributed by atoms with Crippen LogP contribution in [0.15, 0.2) is 52.2 Å². The van der Waals surface area contributed by atoms with Gasteiger partial charge < -0.3 is 14.6 Å². The Labute approximate surface area is 156 Å². The van der Waals surface area contributed by atoms with Gasteiger partial charge in [-0.1, -0.05) is 32.0 Å². The van der Waals surface area contributed by atoms with Gasteiger partial charge in [-0.15, -0.1) is 0 Å². The fourth-order valence-corrected chi connectivity index (χ4v) is 2.60. The molecule has 8 heteroatoms. The van der Waals surface area contributed by atoms with Crippen molar-refractivity contribution in [3.8, 4) is 0 Å². The number of hydrogen-bond acceptors (Lipinski definition) is 6. The summed E-state index contributed by atoms with van der Waals surface area (Å²) in [5, 5.41) is 9.76. The zero-order chi connectivity index (χ0) is 19.9. The van der Waals surface area contributed by atoms with Crippen molar-refractivity contribution >= 4 is 5.97 Å². The molecule has 0 unspecified atom stereocenters. The lowest BCUT2D eigenvalue weighted by Gasteiger charge is -2.34. The third-order valence-corrected chi connectivity index (χ3v) is 4.49. The highest BCUT2D eigenvalue weighted by Gasteiger charge is 2.32. The number of hydrogen-bond donors (Lipinski definition) is 2. The molecule has 1 atom stereocenters. The number of esters is 1. The summed E-state index contributed by atoms with van der Waals surface area (Å²) in [4.78, 5) is 37.9. The van der Waals surface area contributed by atoms with E-state index in [0.717, 1.165) is 4.57 Å². The Morgan fingerprint density at radius 1 is 1.19 bits per heavy atom. The van der Waals surface area contributed by atoms with Crippen LogP contribution in [0.1, 0.15) is 43.3 Å². The summed E-state index contributed by atoms with van der Waals surface area (Å²) >= 11 is 0. The molecule has 0 bridgehead atoms. The highest BCUT2D eigenvalue weighted by atomic mass is 16.6. The van der Waals surface area contributed by atoms with Crippen molar-refractivity contribution in [3.05, 3.63) is 69.0 Å². The van der Waals surface area contributed by atoms with Gasteiger partial charge in [0.05, 0.1) is 17.8 Å². The molecule has 1 heterocycles. The Bertz CT molecular complexity index is 846. The molecule has 0 radical (unpaired) electrons. The van der Waals surface area contributed by atoms with Gasteiger partial charge in [0.25, 0.3) is 5.56 Å². The average molecular weight is 376 g/mol. The van der Waals surface area contributed by atoms with E-state index in [9.17, 15) is 19.5 Å². The van der Waals surface area contributed by atoms with Gasteiger partial charge in [0.1, 0.15) is 6.61 Å².